The molecule has 136 valence electrons. The van der Waals surface area contributed by atoms with E-state index in [1.807, 2.05) is 0 Å². The number of aliphatic hydroxyl groups is 2. The number of Topliss-reactive ketones (excluding diaryl/α,β-unsaturated/α-hetero) is 2. The number of carbonyl (C=O) groups excluding carboxylic acids is 3. The molecule has 0 fully saturated rings. The van der Waals surface area contributed by atoms with E-state index in [2.05, 4.69) is 0 Å². The Morgan fingerprint density at radius 3 is 1.04 bits per heavy atom. The van der Waals surface area contributed by atoms with Gasteiger partial charge in [-0.2, -0.15) is 0 Å². The fourth-order valence-electron chi connectivity index (χ4n) is 2.42. The van der Waals surface area contributed by atoms with Gasteiger partial charge in [0.05, 0.1) is 0 Å². The van der Waals surface area contributed by atoms with E-state index < -0.39 is 22.8 Å². The van der Waals surface area contributed by atoms with Crippen molar-refractivity contribution in [2.75, 3.05) is 0 Å². The molecule has 0 saturated carbocycles. The lowest BCUT2D eigenvalue weighted by atomic mass is 9.93. The molecule has 0 heterocycles. The molecule has 2 aromatic carbocycles. The minimum Gasteiger partial charge on any atom is -0.382 e. The lowest BCUT2D eigenvalue weighted by molar-refractivity contribution is 0.0487. The molecule has 2 N–H and O–H groups in total. The number of carbonyl (C=O) groups is 3. The molecule has 2 rings (SSSR count). The average Bonchev–Trinajstić information content (AvgIpc) is 2.58. The summed E-state index contributed by atoms with van der Waals surface area (Å²) in [6.07, 6.45) is 0. The normalized spacial score (nSPS) is 11.9. The second-order valence-electron chi connectivity index (χ2n) is 7.26. The van der Waals surface area contributed by atoms with Gasteiger partial charge in [0.1, 0.15) is 11.2 Å². The quantitative estimate of drug-likeness (QED) is 0.778. The zero-order valence-corrected chi connectivity index (χ0v) is 15.2. The lowest BCUT2D eigenvalue weighted by Crippen LogP contribution is -2.31. The van der Waals surface area contributed by atoms with Crippen molar-refractivity contribution in [1.82, 2.24) is 0 Å². The monoisotopic (exact) mass is 354 g/mol. The average molecular weight is 354 g/mol. The first-order valence-electron chi connectivity index (χ1n) is 8.20. The molecule has 0 aliphatic rings. The Morgan fingerprint density at radius 1 is 0.577 bits per heavy atom. The number of hydrogen-bond acceptors (Lipinski definition) is 5. The van der Waals surface area contributed by atoms with E-state index >= 15 is 0 Å². The molecule has 5 nitrogen and oxygen atoms in total. The van der Waals surface area contributed by atoms with E-state index in [0.29, 0.717) is 22.3 Å². The summed E-state index contributed by atoms with van der Waals surface area (Å²) in [6, 6.07) is 12.1. The third-order valence-corrected chi connectivity index (χ3v) is 3.93. The first-order chi connectivity index (χ1) is 11.9. The first kappa shape index (κ1) is 19.7. The minimum atomic E-state index is -1.48. The maximum atomic E-state index is 12.5. The lowest BCUT2D eigenvalue weighted by Gasteiger charge is -2.16. The molecule has 0 bridgehead atoms. The zero-order valence-electron chi connectivity index (χ0n) is 15.2. The van der Waals surface area contributed by atoms with Crippen molar-refractivity contribution in [3.8, 4) is 0 Å². The second-order valence-corrected chi connectivity index (χ2v) is 7.26. The maximum Gasteiger partial charge on any atom is 0.193 e. The molecule has 0 aliphatic carbocycles. The summed E-state index contributed by atoms with van der Waals surface area (Å²) in [5.74, 6) is -1.11. The third-order valence-electron chi connectivity index (χ3n) is 3.93. The van der Waals surface area contributed by atoms with E-state index in [-0.39, 0.29) is 5.78 Å². The van der Waals surface area contributed by atoms with E-state index in [0.717, 1.165) is 0 Å². The number of ketones is 3. The summed E-state index contributed by atoms with van der Waals surface area (Å²) in [4.78, 5) is 36.6. The predicted molar refractivity (Wildman–Crippen MR) is 97.6 cm³/mol. The third kappa shape index (κ3) is 4.31. The first-order valence-corrected chi connectivity index (χ1v) is 8.20. The van der Waals surface area contributed by atoms with Crippen molar-refractivity contribution in [2.45, 2.75) is 38.9 Å². The summed E-state index contributed by atoms with van der Waals surface area (Å²) in [6.45, 7) is 5.63. The van der Waals surface area contributed by atoms with Crippen LogP contribution in [0.3, 0.4) is 0 Å². The van der Waals surface area contributed by atoms with Crippen LogP contribution in [-0.4, -0.2) is 38.8 Å². The second kappa shape index (κ2) is 6.94. The molecule has 0 spiro atoms. The van der Waals surface area contributed by atoms with Crippen LogP contribution in [0.4, 0.5) is 0 Å². The molecular formula is C21H22O5. The van der Waals surface area contributed by atoms with Gasteiger partial charge in [-0.25, -0.2) is 0 Å². The number of hydrogen-bond donors (Lipinski definition) is 2. The fourth-order valence-corrected chi connectivity index (χ4v) is 2.42. The Morgan fingerprint density at radius 2 is 0.808 bits per heavy atom. The van der Waals surface area contributed by atoms with Crippen LogP contribution in [0, 0.1) is 0 Å². The maximum absolute atomic E-state index is 12.5. The van der Waals surface area contributed by atoms with Gasteiger partial charge in [0.25, 0.3) is 0 Å². The van der Waals surface area contributed by atoms with Gasteiger partial charge in [0, 0.05) is 22.3 Å². The van der Waals surface area contributed by atoms with Crippen LogP contribution in [0.15, 0.2) is 48.5 Å². The molecule has 0 radical (unpaired) electrons. The van der Waals surface area contributed by atoms with Crippen LogP contribution in [0.1, 0.15) is 64.3 Å². The molecule has 0 atom stereocenters. The summed E-state index contributed by atoms with van der Waals surface area (Å²) in [7, 11) is 0. The molecular weight excluding hydrogens is 332 g/mol. The van der Waals surface area contributed by atoms with Crippen molar-refractivity contribution in [2.24, 2.45) is 0 Å². The molecule has 0 saturated heterocycles. The van der Waals surface area contributed by atoms with E-state index in [1.165, 1.54) is 76.2 Å². The molecule has 0 unspecified atom stereocenters. The largest absolute Gasteiger partial charge is 0.382 e. The summed E-state index contributed by atoms with van der Waals surface area (Å²) in [5.41, 5.74) is -1.54. The zero-order chi connectivity index (χ0) is 19.7. The van der Waals surface area contributed by atoms with Gasteiger partial charge >= 0.3 is 0 Å². The molecule has 0 amide bonds. The van der Waals surface area contributed by atoms with Gasteiger partial charge in [-0.15, -0.1) is 0 Å². The Balaban J connectivity index is 2.22. The van der Waals surface area contributed by atoms with Gasteiger partial charge < -0.3 is 10.2 Å². The van der Waals surface area contributed by atoms with Gasteiger partial charge in [0.15, 0.2) is 17.3 Å². The van der Waals surface area contributed by atoms with Gasteiger partial charge in [-0.1, -0.05) is 48.5 Å². The van der Waals surface area contributed by atoms with E-state index in [9.17, 15) is 24.6 Å². The van der Waals surface area contributed by atoms with Crippen molar-refractivity contribution < 1.29 is 24.6 Å². The van der Waals surface area contributed by atoms with Crippen molar-refractivity contribution in [3.05, 3.63) is 70.8 Å². The molecule has 26 heavy (non-hydrogen) atoms. The Hall–Kier alpha value is -2.63. The van der Waals surface area contributed by atoms with Crippen molar-refractivity contribution in [3.63, 3.8) is 0 Å². The van der Waals surface area contributed by atoms with Crippen LogP contribution in [0.2, 0.25) is 0 Å². The highest BCUT2D eigenvalue weighted by Crippen LogP contribution is 2.18. The van der Waals surface area contributed by atoms with E-state index in [1.54, 1.807) is 0 Å². The highest BCUT2D eigenvalue weighted by molar-refractivity contribution is 6.10. The molecule has 0 aliphatic heterocycles. The summed E-state index contributed by atoms with van der Waals surface area (Å²) >= 11 is 0. The Bertz CT molecular complexity index is 760. The van der Waals surface area contributed by atoms with Gasteiger partial charge in [0.2, 0.25) is 0 Å². The summed E-state index contributed by atoms with van der Waals surface area (Å²) in [5, 5.41) is 19.5. The molecule has 0 aromatic heterocycles. The fraction of sp³-hybridized carbons (Fsp3) is 0.286. The van der Waals surface area contributed by atoms with Crippen molar-refractivity contribution in [1.29, 1.82) is 0 Å². The topological polar surface area (TPSA) is 91.7 Å². The standard InChI is InChI=1S/C21H22O5/c1-20(2,25)18(23)15-9-5-13(6-10-15)17(22)14-7-11-16(12-8-14)19(24)21(3,4)26/h5-12,25-26H,1-4H3. The van der Waals surface area contributed by atoms with Gasteiger partial charge in [-0.05, 0) is 27.7 Å². The van der Waals surface area contributed by atoms with Crippen LogP contribution in [0.25, 0.3) is 0 Å². The number of benzene rings is 2. The molecule has 5 heteroatoms. The minimum absolute atomic E-state index is 0.255. The van der Waals surface area contributed by atoms with Gasteiger partial charge in [-0.3, -0.25) is 14.4 Å². The summed E-state index contributed by atoms with van der Waals surface area (Å²) < 4.78 is 0. The van der Waals surface area contributed by atoms with Crippen LogP contribution < -0.4 is 0 Å². The van der Waals surface area contributed by atoms with Crippen LogP contribution >= 0.6 is 0 Å². The smallest absolute Gasteiger partial charge is 0.193 e. The van der Waals surface area contributed by atoms with E-state index in [4.69, 9.17) is 0 Å². The van der Waals surface area contributed by atoms with Crippen LogP contribution in [-0.2, 0) is 0 Å². The molecule has 2 aromatic rings. The highest BCUT2D eigenvalue weighted by atomic mass is 16.3. The highest BCUT2D eigenvalue weighted by Gasteiger charge is 2.26. The van der Waals surface area contributed by atoms with Crippen molar-refractivity contribution >= 4 is 17.3 Å². The SMILES string of the molecule is CC(C)(O)C(=O)c1ccc(C(=O)c2ccc(C(=O)C(C)(C)O)cc2)cc1. The van der Waals surface area contributed by atoms with Crippen LogP contribution in [0.5, 0.6) is 0 Å². The Kier molecular flexibility index (Phi) is 5.26. The number of rotatable bonds is 6. The predicted octanol–water partition coefficient (Wildman–Crippen LogP) is 2.82. The Labute approximate surface area is 152 Å².